The maximum Gasteiger partial charge on any atom is 0.134 e. The van der Waals surface area contributed by atoms with Crippen molar-refractivity contribution >= 4 is 6.09 Å². The molecule has 2 unspecified atom stereocenters. The number of amides is 1. The largest absolute Gasteiger partial charge is 0.530 e. The molecule has 0 heterocycles. The number of rotatable bonds is 4. The third-order valence-corrected chi connectivity index (χ3v) is 3.18. The molecule has 5 heteroatoms. The van der Waals surface area contributed by atoms with Gasteiger partial charge in [-0.1, -0.05) is 42.5 Å². The number of benzene rings is 1. The van der Waals surface area contributed by atoms with E-state index in [1.807, 2.05) is 36.4 Å². The highest BCUT2D eigenvalue weighted by Gasteiger charge is 2.40. The van der Waals surface area contributed by atoms with Crippen LogP contribution in [0.2, 0.25) is 0 Å². The van der Waals surface area contributed by atoms with Gasteiger partial charge in [-0.25, -0.2) is 5.90 Å². The molecule has 0 fully saturated rings. The Kier molecular flexibility index (Phi) is 3.64. The van der Waals surface area contributed by atoms with Gasteiger partial charge in [0.1, 0.15) is 12.2 Å². The lowest BCUT2D eigenvalue weighted by Crippen LogP contribution is -2.59. The average molecular weight is 247 g/mol. The molecule has 1 aromatic carbocycles. The van der Waals surface area contributed by atoms with E-state index < -0.39 is 17.7 Å². The number of nitrogens with two attached hydrogens (primary N) is 1. The smallest absolute Gasteiger partial charge is 0.134 e. The van der Waals surface area contributed by atoms with Crippen LogP contribution in [-0.4, -0.2) is 17.7 Å². The van der Waals surface area contributed by atoms with Gasteiger partial charge in [-0.3, -0.25) is 4.84 Å². The Bertz CT molecular complexity index is 447. The Morgan fingerprint density at radius 3 is 2.83 bits per heavy atom. The minimum atomic E-state index is -1.33. The predicted molar refractivity (Wildman–Crippen MR) is 64.2 cm³/mol. The quantitative estimate of drug-likeness (QED) is 0.584. The zero-order chi connectivity index (χ0) is 13.0. The van der Waals surface area contributed by atoms with Crippen molar-refractivity contribution in [2.24, 2.45) is 5.90 Å². The van der Waals surface area contributed by atoms with E-state index in [-0.39, 0.29) is 0 Å². The van der Waals surface area contributed by atoms with Crippen LogP contribution in [0.5, 0.6) is 0 Å². The van der Waals surface area contributed by atoms with E-state index in [0.29, 0.717) is 12.8 Å². The van der Waals surface area contributed by atoms with Crippen LogP contribution in [0.3, 0.4) is 0 Å². The highest BCUT2D eigenvalue weighted by molar-refractivity contribution is 5.64. The zero-order valence-corrected chi connectivity index (χ0v) is 9.84. The molecule has 2 rings (SSSR count). The van der Waals surface area contributed by atoms with Crippen LogP contribution in [0.15, 0.2) is 42.5 Å². The van der Waals surface area contributed by atoms with Gasteiger partial charge in [-0.2, -0.15) is 0 Å². The van der Waals surface area contributed by atoms with Crippen molar-refractivity contribution in [2.75, 3.05) is 0 Å². The van der Waals surface area contributed by atoms with Gasteiger partial charge in [0.05, 0.1) is 5.54 Å². The van der Waals surface area contributed by atoms with Gasteiger partial charge >= 0.3 is 0 Å². The first-order valence-electron chi connectivity index (χ1n) is 5.72. The third-order valence-electron chi connectivity index (χ3n) is 3.18. The molecule has 2 atom stereocenters. The molecule has 0 aromatic heterocycles. The van der Waals surface area contributed by atoms with Crippen LogP contribution >= 0.6 is 0 Å². The standard InChI is InChI=1S/C13H16N2O3/c14-18-11-7-4-8-13(11,15-12(16)17)9-10-5-2-1-3-6-10/h1-6,8,11,15H,7,9,14H2,(H,16,17)/p-1. The minimum Gasteiger partial charge on any atom is -0.530 e. The zero-order valence-electron chi connectivity index (χ0n) is 9.84. The molecule has 18 heavy (non-hydrogen) atoms. The Morgan fingerprint density at radius 2 is 2.22 bits per heavy atom. The van der Waals surface area contributed by atoms with Crippen LogP contribution in [0.25, 0.3) is 0 Å². The first-order chi connectivity index (χ1) is 8.66. The lowest BCUT2D eigenvalue weighted by Gasteiger charge is -2.35. The molecule has 3 N–H and O–H groups in total. The summed E-state index contributed by atoms with van der Waals surface area (Å²) in [5, 5.41) is 13.3. The van der Waals surface area contributed by atoms with Gasteiger partial charge in [0, 0.05) is 6.42 Å². The van der Waals surface area contributed by atoms with E-state index in [4.69, 9.17) is 10.7 Å². The predicted octanol–water partition coefficient (Wildman–Crippen LogP) is 0.120. The summed E-state index contributed by atoms with van der Waals surface area (Å²) in [4.78, 5) is 15.7. The SMILES string of the molecule is NOC1CC=CC1(Cc1ccccc1)NC(=O)[O-]. The Labute approximate surface area is 105 Å². The van der Waals surface area contributed by atoms with Crippen molar-refractivity contribution in [3.05, 3.63) is 48.0 Å². The first kappa shape index (κ1) is 12.6. The molecule has 1 aliphatic rings. The van der Waals surface area contributed by atoms with Gasteiger partial charge in [0.15, 0.2) is 0 Å². The molecule has 96 valence electrons. The lowest BCUT2D eigenvalue weighted by molar-refractivity contribution is -0.253. The lowest BCUT2D eigenvalue weighted by atomic mass is 9.88. The summed E-state index contributed by atoms with van der Waals surface area (Å²) in [6.07, 6.45) is 2.93. The maximum atomic E-state index is 10.9. The summed E-state index contributed by atoms with van der Waals surface area (Å²) in [7, 11) is 0. The van der Waals surface area contributed by atoms with Crippen molar-refractivity contribution in [1.29, 1.82) is 0 Å². The number of nitrogens with one attached hydrogen (secondary N) is 1. The van der Waals surface area contributed by atoms with E-state index in [0.717, 1.165) is 5.56 Å². The minimum absolute atomic E-state index is 0.421. The maximum absolute atomic E-state index is 10.9. The molecule has 0 bridgehead atoms. The number of carboxylic acid groups (broad SMARTS) is 1. The van der Waals surface area contributed by atoms with Gasteiger partial charge in [-0.05, 0) is 12.0 Å². The van der Waals surface area contributed by atoms with Crippen molar-refractivity contribution in [3.63, 3.8) is 0 Å². The molecule has 1 aliphatic carbocycles. The summed E-state index contributed by atoms with van der Waals surface area (Å²) in [6, 6.07) is 9.57. The molecule has 1 amide bonds. The summed E-state index contributed by atoms with van der Waals surface area (Å²) >= 11 is 0. The molecule has 1 aromatic rings. The van der Waals surface area contributed by atoms with E-state index in [9.17, 15) is 9.90 Å². The molecule has 0 spiro atoms. The molecular weight excluding hydrogens is 232 g/mol. The number of carbonyl (C=O) groups is 1. The van der Waals surface area contributed by atoms with Crippen LogP contribution in [-0.2, 0) is 11.3 Å². The topological polar surface area (TPSA) is 87.4 Å². The van der Waals surface area contributed by atoms with E-state index in [1.165, 1.54) is 0 Å². The Balaban J connectivity index is 2.25. The fourth-order valence-electron chi connectivity index (χ4n) is 2.36. The third kappa shape index (κ3) is 2.52. The number of carbonyl (C=O) groups excluding carboxylic acids is 1. The average Bonchev–Trinajstić information content (AvgIpc) is 2.72. The van der Waals surface area contributed by atoms with Gasteiger partial charge in [-0.15, -0.1) is 0 Å². The molecule has 0 aliphatic heterocycles. The van der Waals surface area contributed by atoms with Crippen LogP contribution in [0, 0.1) is 0 Å². The van der Waals surface area contributed by atoms with Crippen molar-refractivity contribution < 1.29 is 14.7 Å². The first-order valence-corrected chi connectivity index (χ1v) is 5.72. The van der Waals surface area contributed by atoms with Gasteiger partial charge in [0.2, 0.25) is 0 Å². The summed E-state index contributed by atoms with van der Waals surface area (Å²) in [5.41, 5.74) is 0.148. The fourth-order valence-corrected chi connectivity index (χ4v) is 2.36. The monoisotopic (exact) mass is 247 g/mol. The van der Waals surface area contributed by atoms with Crippen LogP contribution < -0.4 is 16.3 Å². The molecular formula is C13H15N2O3-. The van der Waals surface area contributed by atoms with Crippen LogP contribution in [0.4, 0.5) is 4.79 Å². The summed E-state index contributed by atoms with van der Waals surface area (Å²) < 4.78 is 0. The van der Waals surface area contributed by atoms with Crippen molar-refractivity contribution in [3.8, 4) is 0 Å². The molecule has 0 saturated heterocycles. The van der Waals surface area contributed by atoms with Gasteiger partial charge in [0.25, 0.3) is 0 Å². The second-order valence-electron chi connectivity index (χ2n) is 4.38. The van der Waals surface area contributed by atoms with E-state index in [1.54, 1.807) is 6.08 Å². The number of hydrogen-bond acceptors (Lipinski definition) is 4. The summed E-state index contributed by atoms with van der Waals surface area (Å²) in [6.45, 7) is 0. The Hall–Kier alpha value is -1.85. The van der Waals surface area contributed by atoms with E-state index in [2.05, 4.69) is 5.32 Å². The highest BCUT2D eigenvalue weighted by atomic mass is 16.6. The van der Waals surface area contributed by atoms with Crippen molar-refractivity contribution in [2.45, 2.75) is 24.5 Å². The fraction of sp³-hybridized carbons (Fsp3) is 0.308. The molecule has 0 saturated carbocycles. The number of hydrogen-bond donors (Lipinski definition) is 2. The van der Waals surface area contributed by atoms with Crippen LogP contribution in [0.1, 0.15) is 12.0 Å². The van der Waals surface area contributed by atoms with Gasteiger partial charge < -0.3 is 15.2 Å². The second kappa shape index (κ2) is 5.20. The van der Waals surface area contributed by atoms with Crippen molar-refractivity contribution in [1.82, 2.24) is 5.32 Å². The summed E-state index contributed by atoms with van der Waals surface area (Å²) in [5.74, 6) is 5.25. The van der Waals surface area contributed by atoms with E-state index >= 15 is 0 Å². The normalized spacial score (nSPS) is 26.2. The Morgan fingerprint density at radius 1 is 1.50 bits per heavy atom. The highest BCUT2D eigenvalue weighted by Crippen LogP contribution is 2.29. The molecule has 5 nitrogen and oxygen atoms in total. The molecule has 0 radical (unpaired) electrons. The second-order valence-corrected chi connectivity index (χ2v) is 4.38.